The summed E-state index contributed by atoms with van der Waals surface area (Å²) in [5.41, 5.74) is 0.714. The molecule has 26 heavy (non-hydrogen) atoms. The Hall–Kier alpha value is -2.69. The largest absolute Gasteiger partial charge is 0.350 e. The Bertz CT molecular complexity index is 779. The molecule has 1 heterocycles. The molecule has 136 valence electrons. The summed E-state index contributed by atoms with van der Waals surface area (Å²) in [5.74, 6) is -0.654. The van der Waals surface area contributed by atoms with Gasteiger partial charge in [-0.1, -0.05) is 48.9 Å². The predicted molar refractivity (Wildman–Crippen MR) is 97.7 cm³/mol. The standard InChI is InChI=1S/C21H23FN2O2/c22-18-10-6-9-17(13-18)15-23-20(26)21(12-5-4-11-19(25)24-21)14-16-7-2-1-3-8-16/h1-3,6-10,13H,4-5,11-12,14-15H2,(H,23,26)(H,24,25). The summed E-state index contributed by atoms with van der Waals surface area (Å²) in [6, 6.07) is 15.8. The number of hydrogen-bond donors (Lipinski definition) is 2. The van der Waals surface area contributed by atoms with Crippen LogP contribution in [-0.4, -0.2) is 17.4 Å². The number of hydrogen-bond acceptors (Lipinski definition) is 2. The Kier molecular flexibility index (Phi) is 5.66. The maximum absolute atomic E-state index is 13.3. The second kappa shape index (κ2) is 8.13. The van der Waals surface area contributed by atoms with Crippen LogP contribution in [0.1, 0.15) is 36.8 Å². The zero-order valence-corrected chi connectivity index (χ0v) is 14.6. The number of carbonyl (C=O) groups is 2. The van der Waals surface area contributed by atoms with Crippen LogP contribution in [0.15, 0.2) is 54.6 Å². The van der Waals surface area contributed by atoms with Gasteiger partial charge in [-0.3, -0.25) is 9.59 Å². The van der Waals surface area contributed by atoms with E-state index in [1.165, 1.54) is 12.1 Å². The lowest BCUT2D eigenvalue weighted by Crippen LogP contribution is -2.59. The van der Waals surface area contributed by atoms with Gasteiger partial charge in [0.2, 0.25) is 11.8 Å². The summed E-state index contributed by atoms with van der Waals surface area (Å²) >= 11 is 0. The Morgan fingerprint density at radius 2 is 1.85 bits per heavy atom. The highest BCUT2D eigenvalue weighted by Gasteiger charge is 2.40. The quantitative estimate of drug-likeness (QED) is 0.867. The average Bonchev–Trinajstić information content (AvgIpc) is 2.82. The van der Waals surface area contributed by atoms with E-state index in [9.17, 15) is 14.0 Å². The highest BCUT2D eigenvalue weighted by Crippen LogP contribution is 2.25. The van der Waals surface area contributed by atoms with Gasteiger partial charge in [0, 0.05) is 19.4 Å². The van der Waals surface area contributed by atoms with Gasteiger partial charge in [0.05, 0.1) is 0 Å². The maximum atomic E-state index is 13.3. The molecule has 1 atom stereocenters. The van der Waals surface area contributed by atoms with E-state index in [1.54, 1.807) is 12.1 Å². The second-order valence-electron chi connectivity index (χ2n) is 6.81. The van der Waals surface area contributed by atoms with E-state index in [2.05, 4.69) is 10.6 Å². The molecule has 0 spiro atoms. The molecule has 2 amide bonds. The minimum atomic E-state index is -0.970. The molecule has 3 rings (SSSR count). The summed E-state index contributed by atoms with van der Waals surface area (Å²) in [6.07, 6.45) is 3.05. The van der Waals surface area contributed by atoms with Crippen LogP contribution in [0.25, 0.3) is 0 Å². The van der Waals surface area contributed by atoms with Crippen LogP contribution < -0.4 is 10.6 Å². The molecule has 4 nitrogen and oxygen atoms in total. The second-order valence-corrected chi connectivity index (χ2v) is 6.81. The molecule has 2 N–H and O–H groups in total. The van der Waals surface area contributed by atoms with E-state index < -0.39 is 5.54 Å². The molecule has 0 bridgehead atoms. The van der Waals surface area contributed by atoms with Crippen LogP contribution >= 0.6 is 0 Å². The summed E-state index contributed by atoms with van der Waals surface area (Å²) in [5, 5.41) is 5.85. The molecule has 1 aliphatic heterocycles. The Balaban J connectivity index is 1.79. The zero-order valence-electron chi connectivity index (χ0n) is 14.6. The number of amides is 2. The first-order chi connectivity index (χ1) is 12.6. The van der Waals surface area contributed by atoms with E-state index in [1.807, 2.05) is 30.3 Å². The van der Waals surface area contributed by atoms with Crippen LogP contribution in [-0.2, 0) is 22.6 Å². The third kappa shape index (κ3) is 4.48. The summed E-state index contributed by atoms with van der Waals surface area (Å²) in [6.45, 7) is 0.225. The fourth-order valence-electron chi connectivity index (χ4n) is 3.43. The molecule has 1 fully saturated rings. The lowest BCUT2D eigenvalue weighted by atomic mass is 9.85. The predicted octanol–water partition coefficient (Wildman–Crippen LogP) is 3.11. The molecule has 0 aliphatic carbocycles. The van der Waals surface area contributed by atoms with Crippen molar-refractivity contribution >= 4 is 11.8 Å². The van der Waals surface area contributed by atoms with E-state index >= 15 is 0 Å². The SMILES string of the molecule is O=C1CCCCC(Cc2ccccc2)(C(=O)NCc2cccc(F)c2)N1. The monoisotopic (exact) mass is 354 g/mol. The number of benzene rings is 2. The van der Waals surface area contributed by atoms with Crippen molar-refractivity contribution in [2.75, 3.05) is 0 Å². The van der Waals surface area contributed by atoms with Gasteiger partial charge in [-0.2, -0.15) is 0 Å². The van der Waals surface area contributed by atoms with Gasteiger partial charge in [0.15, 0.2) is 0 Å². The molecule has 1 unspecified atom stereocenters. The van der Waals surface area contributed by atoms with Crippen molar-refractivity contribution in [3.63, 3.8) is 0 Å². The van der Waals surface area contributed by atoms with Gasteiger partial charge >= 0.3 is 0 Å². The molecule has 2 aromatic rings. The fourth-order valence-corrected chi connectivity index (χ4v) is 3.43. The van der Waals surface area contributed by atoms with Gasteiger partial charge < -0.3 is 10.6 Å². The normalized spacial score (nSPS) is 20.1. The molecule has 0 saturated carbocycles. The lowest BCUT2D eigenvalue weighted by molar-refractivity contribution is -0.133. The Morgan fingerprint density at radius 3 is 2.62 bits per heavy atom. The first-order valence-electron chi connectivity index (χ1n) is 8.95. The molecular formula is C21H23FN2O2. The highest BCUT2D eigenvalue weighted by molar-refractivity contribution is 5.92. The molecule has 1 saturated heterocycles. The van der Waals surface area contributed by atoms with E-state index in [0.29, 0.717) is 24.8 Å². The first-order valence-corrected chi connectivity index (χ1v) is 8.95. The van der Waals surface area contributed by atoms with Crippen molar-refractivity contribution in [3.8, 4) is 0 Å². The third-order valence-corrected chi connectivity index (χ3v) is 4.76. The Labute approximate surface area is 152 Å². The van der Waals surface area contributed by atoms with E-state index in [-0.39, 0.29) is 24.2 Å². The zero-order chi connectivity index (χ0) is 18.4. The van der Waals surface area contributed by atoms with Crippen LogP contribution in [0.2, 0.25) is 0 Å². The number of halogens is 1. The van der Waals surface area contributed by atoms with Crippen LogP contribution in [0.5, 0.6) is 0 Å². The van der Waals surface area contributed by atoms with Crippen molar-refractivity contribution in [2.24, 2.45) is 0 Å². The molecular weight excluding hydrogens is 331 g/mol. The maximum Gasteiger partial charge on any atom is 0.246 e. The lowest BCUT2D eigenvalue weighted by Gasteiger charge is -2.32. The molecule has 1 aliphatic rings. The Morgan fingerprint density at radius 1 is 1.08 bits per heavy atom. The van der Waals surface area contributed by atoms with Gasteiger partial charge in [-0.05, 0) is 36.1 Å². The van der Waals surface area contributed by atoms with Crippen molar-refractivity contribution in [1.82, 2.24) is 10.6 Å². The van der Waals surface area contributed by atoms with Crippen LogP contribution in [0.3, 0.4) is 0 Å². The molecule has 0 radical (unpaired) electrons. The van der Waals surface area contributed by atoms with Crippen molar-refractivity contribution in [2.45, 2.75) is 44.2 Å². The summed E-state index contributed by atoms with van der Waals surface area (Å²) < 4.78 is 13.3. The smallest absolute Gasteiger partial charge is 0.246 e. The first kappa shape index (κ1) is 18.1. The fraction of sp³-hybridized carbons (Fsp3) is 0.333. The summed E-state index contributed by atoms with van der Waals surface area (Å²) in [7, 11) is 0. The molecule has 2 aromatic carbocycles. The molecule has 5 heteroatoms. The van der Waals surface area contributed by atoms with Gasteiger partial charge in [0.25, 0.3) is 0 Å². The van der Waals surface area contributed by atoms with Crippen LogP contribution in [0, 0.1) is 5.82 Å². The number of carbonyl (C=O) groups excluding carboxylic acids is 2. The van der Waals surface area contributed by atoms with Gasteiger partial charge in [0.1, 0.15) is 11.4 Å². The topological polar surface area (TPSA) is 58.2 Å². The third-order valence-electron chi connectivity index (χ3n) is 4.76. The van der Waals surface area contributed by atoms with E-state index in [0.717, 1.165) is 18.4 Å². The van der Waals surface area contributed by atoms with Crippen LogP contribution in [0.4, 0.5) is 4.39 Å². The number of nitrogens with one attached hydrogen (secondary N) is 2. The van der Waals surface area contributed by atoms with Crippen molar-refractivity contribution < 1.29 is 14.0 Å². The number of rotatable bonds is 5. The van der Waals surface area contributed by atoms with E-state index in [4.69, 9.17) is 0 Å². The highest BCUT2D eigenvalue weighted by atomic mass is 19.1. The minimum absolute atomic E-state index is 0.0978. The van der Waals surface area contributed by atoms with Crippen molar-refractivity contribution in [1.29, 1.82) is 0 Å². The van der Waals surface area contributed by atoms with Gasteiger partial charge in [-0.15, -0.1) is 0 Å². The van der Waals surface area contributed by atoms with Crippen molar-refractivity contribution in [3.05, 3.63) is 71.5 Å². The van der Waals surface area contributed by atoms with Gasteiger partial charge in [-0.25, -0.2) is 4.39 Å². The minimum Gasteiger partial charge on any atom is -0.350 e. The summed E-state index contributed by atoms with van der Waals surface area (Å²) in [4.78, 5) is 25.2. The average molecular weight is 354 g/mol. The molecule has 0 aromatic heterocycles.